The molecule has 100 valence electrons. The maximum atomic E-state index is 11.9. The number of halogens is 1. The zero-order chi connectivity index (χ0) is 14.0. The van der Waals surface area contributed by atoms with E-state index in [1.54, 1.807) is 0 Å². The Kier molecular flexibility index (Phi) is 3.45. The van der Waals surface area contributed by atoms with Gasteiger partial charge in [-0.1, -0.05) is 11.6 Å². The van der Waals surface area contributed by atoms with Gasteiger partial charge in [-0.15, -0.1) is 0 Å². The van der Waals surface area contributed by atoms with E-state index >= 15 is 0 Å². The number of imidazole rings is 1. The highest BCUT2D eigenvalue weighted by atomic mass is 35.5. The van der Waals surface area contributed by atoms with E-state index in [9.17, 15) is 13.2 Å². The summed E-state index contributed by atoms with van der Waals surface area (Å²) in [6.45, 7) is 0. The second-order valence-corrected chi connectivity index (χ2v) is 5.60. The van der Waals surface area contributed by atoms with E-state index in [-0.39, 0.29) is 21.3 Å². The number of aromatic carboxylic acids is 1. The van der Waals surface area contributed by atoms with Crippen LogP contribution in [0.1, 0.15) is 10.4 Å². The minimum atomic E-state index is -3.93. The summed E-state index contributed by atoms with van der Waals surface area (Å²) in [5.41, 5.74) is -0.318. The van der Waals surface area contributed by atoms with Crippen molar-refractivity contribution in [3.63, 3.8) is 0 Å². The van der Waals surface area contributed by atoms with E-state index in [4.69, 9.17) is 16.7 Å². The van der Waals surface area contributed by atoms with Crippen molar-refractivity contribution in [3.05, 3.63) is 41.3 Å². The van der Waals surface area contributed by atoms with Gasteiger partial charge >= 0.3 is 5.97 Å². The molecule has 2 aromatic rings. The number of aromatic amines is 1. The number of anilines is 1. The topological polar surface area (TPSA) is 112 Å². The number of H-pyrrole nitrogens is 1. The summed E-state index contributed by atoms with van der Waals surface area (Å²) in [5, 5.41) is 9.02. The van der Waals surface area contributed by atoms with E-state index in [1.807, 2.05) is 0 Å². The Bertz CT molecular complexity index is 712. The lowest BCUT2D eigenvalue weighted by Gasteiger charge is -2.09. The van der Waals surface area contributed by atoms with E-state index in [2.05, 4.69) is 14.7 Å². The van der Waals surface area contributed by atoms with Crippen LogP contribution in [0.4, 0.5) is 5.69 Å². The van der Waals surface area contributed by atoms with Crippen LogP contribution in [0.5, 0.6) is 0 Å². The molecular weight excluding hydrogens is 294 g/mol. The minimum Gasteiger partial charge on any atom is -0.478 e. The van der Waals surface area contributed by atoms with Gasteiger partial charge < -0.3 is 10.1 Å². The molecule has 0 saturated carbocycles. The average molecular weight is 302 g/mol. The Labute approximate surface area is 113 Å². The van der Waals surface area contributed by atoms with E-state index in [1.165, 1.54) is 24.5 Å². The van der Waals surface area contributed by atoms with Gasteiger partial charge in [0.25, 0.3) is 10.0 Å². The fraction of sp³-hybridized carbons (Fsp3) is 0. The molecule has 0 aliphatic rings. The Hall–Kier alpha value is -2.06. The van der Waals surface area contributed by atoms with Gasteiger partial charge in [-0.25, -0.2) is 9.78 Å². The third kappa shape index (κ3) is 2.85. The van der Waals surface area contributed by atoms with Gasteiger partial charge in [0, 0.05) is 5.02 Å². The van der Waals surface area contributed by atoms with Crippen LogP contribution in [-0.4, -0.2) is 29.5 Å². The SMILES string of the molecule is O=C(O)c1ccc(Cl)cc1NS(=O)(=O)c1cnc[nH]1. The quantitative estimate of drug-likeness (QED) is 0.793. The Balaban J connectivity index is 2.44. The van der Waals surface area contributed by atoms with Gasteiger partial charge in [0.15, 0.2) is 5.03 Å². The first kappa shape index (κ1) is 13.4. The Morgan fingerprint density at radius 1 is 1.42 bits per heavy atom. The molecule has 0 spiro atoms. The van der Waals surface area contributed by atoms with Crippen LogP contribution in [-0.2, 0) is 10.0 Å². The highest BCUT2D eigenvalue weighted by Crippen LogP contribution is 2.23. The van der Waals surface area contributed by atoms with Crippen molar-refractivity contribution in [2.75, 3.05) is 4.72 Å². The van der Waals surface area contributed by atoms with Gasteiger partial charge in [-0.3, -0.25) is 4.72 Å². The van der Waals surface area contributed by atoms with E-state index in [0.29, 0.717) is 0 Å². The van der Waals surface area contributed by atoms with Gasteiger partial charge in [0.1, 0.15) is 0 Å². The molecule has 1 aromatic heterocycles. The maximum absolute atomic E-state index is 11.9. The van der Waals surface area contributed by atoms with E-state index < -0.39 is 16.0 Å². The molecule has 0 saturated heterocycles. The number of hydrogen-bond donors (Lipinski definition) is 3. The van der Waals surface area contributed by atoms with Crippen LogP contribution in [0.2, 0.25) is 5.02 Å². The summed E-state index contributed by atoms with van der Waals surface area (Å²) < 4.78 is 26.0. The molecule has 0 aliphatic carbocycles. The molecule has 0 fully saturated rings. The van der Waals surface area contributed by atoms with Gasteiger partial charge in [-0.2, -0.15) is 8.42 Å². The lowest BCUT2D eigenvalue weighted by molar-refractivity contribution is 0.0698. The van der Waals surface area contributed by atoms with Crippen LogP contribution < -0.4 is 4.72 Å². The molecule has 0 radical (unpaired) electrons. The van der Waals surface area contributed by atoms with Crippen molar-refractivity contribution < 1.29 is 18.3 Å². The maximum Gasteiger partial charge on any atom is 0.337 e. The van der Waals surface area contributed by atoms with Crippen LogP contribution in [0.25, 0.3) is 0 Å². The molecule has 0 unspecified atom stereocenters. The number of carbonyl (C=O) groups is 1. The molecule has 0 bridgehead atoms. The predicted molar refractivity (Wildman–Crippen MR) is 67.8 cm³/mol. The lowest BCUT2D eigenvalue weighted by Crippen LogP contribution is -2.15. The van der Waals surface area contributed by atoms with Crippen LogP contribution in [0.15, 0.2) is 35.7 Å². The van der Waals surface area contributed by atoms with Crippen molar-refractivity contribution in [2.45, 2.75) is 5.03 Å². The first-order valence-electron chi connectivity index (χ1n) is 4.94. The second-order valence-electron chi connectivity index (χ2n) is 3.52. The monoisotopic (exact) mass is 301 g/mol. The first-order valence-corrected chi connectivity index (χ1v) is 6.80. The summed E-state index contributed by atoms with van der Waals surface area (Å²) in [6.07, 6.45) is 2.30. The van der Waals surface area contributed by atoms with Crippen LogP contribution >= 0.6 is 11.6 Å². The number of nitrogens with one attached hydrogen (secondary N) is 2. The molecule has 9 heteroatoms. The first-order chi connectivity index (χ1) is 8.90. The molecule has 0 amide bonds. The number of sulfonamides is 1. The van der Waals surface area contributed by atoms with Crippen molar-refractivity contribution in [1.82, 2.24) is 9.97 Å². The van der Waals surface area contributed by atoms with E-state index in [0.717, 1.165) is 6.20 Å². The highest BCUT2D eigenvalue weighted by Gasteiger charge is 2.19. The molecule has 7 nitrogen and oxygen atoms in total. The number of benzene rings is 1. The summed E-state index contributed by atoms with van der Waals surface area (Å²) in [4.78, 5) is 17.0. The number of rotatable bonds is 4. The lowest BCUT2D eigenvalue weighted by atomic mass is 10.2. The Morgan fingerprint density at radius 3 is 2.74 bits per heavy atom. The standard InChI is InChI=1S/C10H8ClN3O4S/c11-6-1-2-7(10(15)16)8(3-6)14-19(17,18)9-4-12-5-13-9/h1-5,14H,(H,12,13)(H,15,16). The summed E-state index contributed by atoms with van der Waals surface area (Å²) in [5.74, 6) is -1.26. The molecule has 0 atom stereocenters. The largest absolute Gasteiger partial charge is 0.478 e. The summed E-state index contributed by atoms with van der Waals surface area (Å²) >= 11 is 5.73. The molecular formula is C10H8ClN3O4S. The molecule has 1 aromatic carbocycles. The van der Waals surface area contributed by atoms with Gasteiger partial charge in [-0.05, 0) is 18.2 Å². The van der Waals surface area contributed by atoms with Crippen LogP contribution in [0, 0.1) is 0 Å². The number of carboxylic acids is 1. The van der Waals surface area contributed by atoms with Crippen molar-refractivity contribution in [2.24, 2.45) is 0 Å². The van der Waals surface area contributed by atoms with Crippen molar-refractivity contribution >= 4 is 33.3 Å². The molecule has 2 rings (SSSR count). The zero-order valence-electron chi connectivity index (χ0n) is 9.29. The number of hydrogen-bond acceptors (Lipinski definition) is 4. The normalized spacial score (nSPS) is 11.2. The molecule has 0 aliphatic heterocycles. The van der Waals surface area contributed by atoms with Crippen molar-refractivity contribution in [1.29, 1.82) is 0 Å². The van der Waals surface area contributed by atoms with Gasteiger partial charge in [0.2, 0.25) is 0 Å². The minimum absolute atomic E-state index is 0.116. The molecule has 3 N–H and O–H groups in total. The predicted octanol–water partition coefficient (Wildman–Crippen LogP) is 1.56. The molecule has 19 heavy (non-hydrogen) atoms. The fourth-order valence-electron chi connectivity index (χ4n) is 1.38. The highest BCUT2D eigenvalue weighted by molar-refractivity contribution is 7.92. The number of aromatic nitrogens is 2. The molecule has 1 heterocycles. The third-order valence-electron chi connectivity index (χ3n) is 2.22. The fourth-order valence-corrected chi connectivity index (χ4v) is 2.53. The van der Waals surface area contributed by atoms with Crippen molar-refractivity contribution in [3.8, 4) is 0 Å². The summed E-state index contributed by atoms with van der Waals surface area (Å²) in [7, 11) is -3.93. The van der Waals surface area contributed by atoms with Gasteiger partial charge in [0.05, 0.1) is 23.8 Å². The third-order valence-corrected chi connectivity index (χ3v) is 3.75. The second kappa shape index (κ2) is 4.90. The zero-order valence-corrected chi connectivity index (χ0v) is 10.9. The average Bonchev–Trinajstić information content (AvgIpc) is 2.81. The number of nitrogens with zero attached hydrogens (tertiary/aromatic N) is 1. The Morgan fingerprint density at radius 2 is 2.16 bits per heavy atom. The van der Waals surface area contributed by atoms with Crippen LogP contribution in [0.3, 0.4) is 0 Å². The summed E-state index contributed by atoms with van der Waals surface area (Å²) in [6, 6.07) is 3.80. The number of carboxylic acid groups (broad SMARTS) is 1. The smallest absolute Gasteiger partial charge is 0.337 e.